The van der Waals surface area contributed by atoms with Crippen LogP contribution in [0.15, 0.2) is 42.0 Å². The lowest BCUT2D eigenvalue weighted by atomic mass is 9.99. The van der Waals surface area contributed by atoms with E-state index in [1.165, 1.54) is 0 Å². The Balaban J connectivity index is 1.83. The highest BCUT2D eigenvalue weighted by molar-refractivity contribution is 5.90. The van der Waals surface area contributed by atoms with Crippen LogP contribution in [-0.2, 0) is 30.4 Å². The number of likely N-dealkylation sites (tertiary alicyclic amines) is 1. The molecule has 2 aliphatic rings. The van der Waals surface area contributed by atoms with Gasteiger partial charge in [0.1, 0.15) is 18.1 Å². The SMILES string of the molecule is CC(C)C(NC(=O)C(NC1CCCN1C(=O)[C@H](Cc1ccccc1)N1CCC([C@H](C)NC(=O)C(N)CO)=CCC1=O)C(C)C)C(N)=O. The summed E-state index contributed by atoms with van der Waals surface area (Å²) in [7, 11) is 0. The molecule has 1 fully saturated rings. The summed E-state index contributed by atoms with van der Waals surface area (Å²) in [6, 6.07) is 5.78. The Morgan fingerprint density at radius 2 is 1.62 bits per heavy atom. The lowest BCUT2D eigenvalue weighted by Gasteiger charge is -2.37. The van der Waals surface area contributed by atoms with Crippen molar-refractivity contribution in [3.63, 3.8) is 0 Å². The molecule has 1 saturated heterocycles. The molecule has 0 spiro atoms. The van der Waals surface area contributed by atoms with E-state index in [9.17, 15) is 29.1 Å². The molecule has 260 valence electrons. The number of benzene rings is 1. The van der Waals surface area contributed by atoms with Crippen molar-refractivity contribution in [2.75, 3.05) is 19.7 Å². The average Bonchev–Trinajstić information content (AvgIpc) is 3.41. The van der Waals surface area contributed by atoms with Gasteiger partial charge in [-0.2, -0.15) is 0 Å². The molecule has 2 heterocycles. The number of hydrogen-bond acceptors (Lipinski definition) is 8. The van der Waals surface area contributed by atoms with Gasteiger partial charge >= 0.3 is 0 Å². The van der Waals surface area contributed by atoms with Crippen LogP contribution < -0.4 is 27.4 Å². The fraction of sp³-hybridized carbons (Fsp3) is 0.618. The number of amides is 5. The first-order valence-electron chi connectivity index (χ1n) is 16.6. The summed E-state index contributed by atoms with van der Waals surface area (Å²) in [5.41, 5.74) is 13.0. The molecule has 8 N–H and O–H groups in total. The molecule has 13 heteroatoms. The van der Waals surface area contributed by atoms with Crippen molar-refractivity contribution < 1.29 is 29.1 Å². The zero-order valence-electron chi connectivity index (χ0n) is 28.3. The number of carbonyl (C=O) groups is 5. The Kier molecular flexibility index (Phi) is 13.9. The zero-order chi connectivity index (χ0) is 34.8. The van der Waals surface area contributed by atoms with E-state index in [1.807, 2.05) is 58.0 Å². The maximum Gasteiger partial charge on any atom is 0.246 e. The van der Waals surface area contributed by atoms with E-state index >= 15 is 0 Å². The highest BCUT2D eigenvalue weighted by Gasteiger charge is 2.40. The predicted octanol–water partition coefficient (Wildman–Crippen LogP) is 0.160. The number of nitrogens with zero attached hydrogens (tertiary/aromatic N) is 2. The molecule has 0 aliphatic carbocycles. The highest BCUT2D eigenvalue weighted by Crippen LogP contribution is 2.25. The standard InChI is InChI=1S/C34H53N7O6/c1-20(2)29(31(36)44)39-33(46)30(21(3)4)38-27-12-9-16-41(27)34(47)26(18-23-10-7-6-8-11-23)40-17-15-24(13-14-28(40)43)22(5)37-32(45)25(35)19-42/h6-8,10-11,13,20-22,25-27,29-30,38,42H,9,12,14-19,35H2,1-5H3,(H2,36,44)(H,37,45)(H,39,46)/t22-,25?,26-,27?,29?,30?/m0/s1. The quantitative estimate of drug-likeness (QED) is 0.144. The summed E-state index contributed by atoms with van der Waals surface area (Å²) in [6.45, 7) is 9.46. The number of nitrogens with one attached hydrogen (secondary N) is 3. The van der Waals surface area contributed by atoms with E-state index in [-0.39, 0.29) is 42.5 Å². The summed E-state index contributed by atoms with van der Waals surface area (Å²) in [5, 5.41) is 18.2. The first-order valence-corrected chi connectivity index (χ1v) is 16.6. The number of carbonyl (C=O) groups excluding carboxylic acids is 5. The monoisotopic (exact) mass is 655 g/mol. The third-order valence-electron chi connectivity index (χ3n) is 9.01. The molecule has 3 rings (SSSR count). The fourth-order valence-electron chi connectivity index (χ4n) is 6.18. The molecule has 6 atom stereocenters. The number of nitrogens with two attached hydrogens (primary N) is 2. The van der Waals surface area contributed by atoms with Gasteiger partial charge in [-0.25, -0.2) is 0 Å². The van der Waals surface area contributed by atoms with E-state index in [0.717, 1.165) is 17.6 Å². The van der Waals surface area contributed by atoms with Crippen molar-refractivity contribution in [1.29, 1.82) is 0 Å². The maximum absolute atomic E-state index is 14.5. The van der Waals surface area contributed by atoms with Crippen LogP contribution in [0.25, 0.3) is 0 Å². The van der Waals surface area contributed by atoms with Gasteiger partial charge in [0.25, 0.3) is 0 Å². The van der Waals surface area contributed by atoms with Crippen molar-refractivity contribution in [3.8, 4) is 0 Å². The summed E-state index contributed by atoms with van der Waals surface area (Å²) >= 11 is 0. The Morgan fingerprint density at radius 3 is 2.21 bits per heavy atom. The molecule has 0 saturated carbocycles. The van der Waals surface area contributed by atoms with Crippen LogP contribution in [0, 0.1) is 11.8 Å². The summed E-state index contributed by atoms with van der Waals surface area (Å²) in [5.74, 6) is -2.21. The van der Waals surface area contributed by atoms with Crippen LogP contribution in [0.5, 0.6) is 0 Å². The number of aliphatic hydroxyl groups excluding tert-OH is 1. The maximum atomic E-state index is 14.5. The van der Waals surface area contributed by atoms with Crippen molar-refractivity contribution >= 4 is 29.5 Å². The normalized spacial score (nSPS) is 20.2. The first-order chi connectivity index (χ1) is 22.2. The average molecular weight is 656 g/mol. The molecule has 0 aromatic heterocycles. The lowest BCUT2D eigenvalue weighted by Crippen LogP contribution is -2.61. The molecule has 0 radical (unpaired) electrons. The molecular formula is C34H53N7O6. The number of aliphatic hydroxyl groups is 1. The molecule has 2 aliphatic heterocycles. The van der Waals surface area contributed by atoms with Gasteiger partial charge in [0.05, 0.1) is 18.8 Å². The Morgan fingerprint density at radius 1 is 0.957 bits per heavy atom. The molecular weight excluding hydrogens is 602 g/mol. The summed E-state index contributed by atoms with van der Waals surface area (Å²) in [6.07, 6.45) is 3.50. The second kappa shape index (κ2) is 17.4. The van der Waals surface area contributed by atoms with Crippen LogP contribution in [0.1, 0.15) is 65.9 Å². The topological polar surface area (TPSA) is 200 Å². The van der Waals surface area contributed by atoms with Crippen molar-refractivity contribution in [2.24, 2.45) is 23.3 Å². The van der Waals surface area contributed by atoms with Crippen LogP contribution in [-0.4, -0.2) is 101 Å². The van der Waals surface area contributed by atoms with E-state index in [4.69, 9.17) is 11.5 Å². The van der Waals surface area contributed by atoms with Gasteiger partial charge in [0.15, 0.2) is 0 Å². The van der Waals surface area contributed by atoms with Crippen LogP contribution in [0.4, 0.5) is 0 Å². The Hall–Kier alpha value is -3.81. The third-order valence-corrected chi connectivity index (χ3v) is 9.01. The van der Waals surface area contributed by atoms with Crippen LogP contribution >= 0.6 is 0 Å². The van der Waals surface area contributed by atoms with E-state index < -0.39 is 54.8 Å². The number of primary amides is 1. The molecule has 4 unspecified atom stereocenters. The lowest BCUT2D eigenvalue weighted by molar-refractivity contribution is -0.146. The predicted molar refractivity (Wildman–Crippen MR) is 178 cm³/mol. The largest absolute Gasteiger partial charge is 0.394 e. The molecule has 0 bridgehead atoms. The zero-order valence-corrected chi connectivity index (χ0v) is 28.3. The second-order valence-electron chi connectivity index (χ2n) is 13.3. The smallest absolute Gasteiger partial charge is 0.246 e. The van der Waals surface area contributed by atoms with Gasteiger partial charge < -0.3 is 37.0 Å². The highest BCUT2D eigenvalue weighted by atomic mass is 16.3. The molecule has 5 amide bonds. The van der Waals surface area contributed by atoms with Gasteiger partial charge in [-0.3, -0.25) is 29.3 Å². The van der Waals surface area contributed by atoms with Gasteiger partial charge in [-0.15, -0.1) is 0 Å². The number of hydrogen-bond donors (Lipinski definition) is 6. The van der Waals surface area contributed by atoms with Crippen molar-refractivity contribution in [1.82, 2.24) is 25.8 Å². The molecule has 1 aromatic rings. The molecule has 47 heavy (non-hydrogen) atoms. The fourth-order valence-corrected chi connectivity index (χ4v) is 6.18. The third kappa shape index (κ3) is 10.1. The summed E-state index contributed by atoms with van der Waals surface area (Å²) < 4.78 is 0. The first kappa shape index (κ1) is 37.6. The Bertz CT molecular complexity index is 1290. The van der Waals surface area contributed by atoms with Crippen molar-refractivity contribution in [3.05, 3.63) is 47.5 Å². The van der Waals surface area contributed by atoms with E-state index in [0.29, 0.717) is 25.8 Å². The van der Waals surface area contributed by atoms with Gasteiger partial charge in [0.2, 0.25) is 29.5 Å². The minimum atomic E-state index is -1.04. The van der Waals surface area contributed by atoms with E-state index in [1.54, 1.807) is 22.8 Å². The van der Waals surface area contributed by atoms with E-state index in [2.05, 4.69) is 16.0 Å². The second-order valence-corrected chi connectivity index (χ2v) is 13.3. The number of rotatable bonds is 15. The van der Waals surface area contributed by atoms with Gasteiger partial charge in [0, 0.05) is 32.0 Å². The van der Waals surface area contributed by atoms with Gasteiger partial charge in [-0.05, 0) is 49.2 Å². The summed E-state index contributed by atoms with van der Waals surface area (Å²) in [4.78, 5) is 69.1. The minimum absolute atomic E-state index is 0.0638. The molecule has 13 nitrogen and oxygen atoms in total. The van der Waals surface area contributed by atoms with Crippen LogP contribution in [0.2, 0.25) is 0 Å². The molecule has 1 aromatic carbocycles. The van der Waals surface area contributed by atoms with Crippen molar-refractivity contribution in [2.45, 2.75) is 103 Å². The van der Waals surface area contributed by atoms with Crippen LogP contribution in [0.3, 0.4) is 0 Å². The Labute approximate surface area is 277 Å². The van der Waals surface area contributed by atoms with Gasteiger partial charge in [-0.1, -0.05) is 64.1 Å². The minimum Gasteiger partial charge on any atom is -0.394 e.